The van der Waals surface area contributed by atoms with Gasteiger partial charge in [-0.3, -0.25) is 0 Å². The van der Waals surface area contributed by atoms with Crippen molar-refractivity contribution in [2.45, 2.75) is 22.5 Å². The van der Waals surface area contributed by atoms with Gasteiger partial charge in [-0.1, -0.05) is 15.9 Å². The zero-order valence-corrected chi connectivity index (χ0v) is 11.5. The number of rotatable bonds is 3. The van der Waals surface area contributed by atoms with Gasteiger partial charge in [0.05, 0.1) is 0 Å². The van der Waals surface area contributed by atoms with E-state index in [9.17, 15) is 0 Å². The van der Waals surface area contributed by atoms with E-state index in [0.717, 1.165) is 37.1 Å². The van der Waals surface area contributed by atoms with E-state index in [2.05, 4.69) is 40.2 Å². The molecule has 1 aliphatic rings. The standard InChI is InChI=1S/C12H16BrNOS/c13-10-1-3-11(4-2-10)16-12(9-14)5-7-15-8-6-12/h1-4H,5-9,14H2. The van der Waals surface area contributed by atoms with Gasteiger partial charge in [0.25, 0.3) is 0 Å². The quantitative estimate of drug-likeness (QED) is 0.932. The molecule has 1 heterocycles. The van der Waals surface area contributed by atoms with E-state index in [4.69, 9.17) is 10.5 Å². The molecule has 1 fully saturated rings. The van der Waals surface area contributed by atoms with Crippen LogP contribution in [0.2, 0.25) is 0 Å². The minimum absolute atomic E-state index is 0.173. The molecular formula is C12H16BrNOS. The highest BCUT2D eigenvalue weighted by atomic mass is 79.9. The molecule has 0 radical (unpaired) electrons. The Morgan fingerprint density at radius 2 is 1.88 bits per heavy atom. The summed E-state index contributed by atoms with van der Waals surface area (Å²) in [5.41, 5.74) is 5.93. The third-order valence-electron chi connectivity index (χ3n) is 2.92. The lowest BCUT2D eigenvalue weighted by Crippen LogP contribution is -2.40. The third-order valence-corrected chi connectivity index (χ3v) is 4.97. The van der Waals surface area contributed by atoms with E-state index < -0.39 is 0 Å². The molecule has 1 aliphatic heterocycles. The lowest BCUT2D eigenvalue weighted by atomic mass is 9.99. The topological polar surface area (TPSA) is 35.2 Å². The number of nitrogens with two attached hydrogens (primary N) is 1. The molecule has 0 amide bonds. The fraction of sp³-hybridized carbons (Fsp3) is 0.500. The van der Waals surface area contributed by atoms with Crippen LogP contribution in [0.3, 0.4) is 0 Å². The average Bonchev–Trinajstić information content (AvgIpc) is 2.33. The van der Waals surface area contributed by atoms with Gasteiger partial charge in [0.15, 0.2) is 0 Å². The summed E-state index contributed by atoms with van der Waals surface area (Å²) in [6.45, 7) is 2.39. The average molecular weight is 302 g/mol. The zero-order chi connectivity index (χ0) is 11.4. The second kappa shape index (κ2) is 5.54. The lowest BCUT2D eigenvalue weighted by Gasteiger charge is -2.35. The summed E-state index contributed by atoms with van der Waals surface area (Å²) in [6, 6.07) is 8.43. The summed E-state index contributed by atoms with van der Waals surface area (Å²) < 4.78 is 6.70. The summed E-state index contributed by atoms with van der Waals surface area (Å²) in [7, 11) is 0. The van der Waals surface area contributed by atoms with Crippen LogP contribution in [-0.4, -0.2) is 24.5 Å². The lowest BCUT2D eigenvalue weighted by molar-refractivity contribution is 0.0792. The van der Waals surface area contributed by atoms with E-state index in [-0.39, 0.29) is 4.75 Å². The Hall–Kier alpha value is -0.0300. The van der Waals surface area contributed by atoms with Gasteiger partial charge in [-0.15, -0.1) is 11.8 Å². The van der Waals surface area contributed by atoms with Gasteiger partial charge in [-0.05, 0) is 37.1 Å². The van der Waals surface area contributed by atoms with Crippen molar-refractivity contribution >= 4 is 27.7 Å². The summed E-state index contributed by atoms with van der Waals surface area (Å²) in [5, 5.41) is 0. The Kier molecular flexibility index (Phi) is 4.30. The smallest absolute Gasteiger partial charge is 0.0479 e. The maximum atomic E-state index is 5.93. The van der Waals surface area contributed by atoms with E-state index in [1.165, 1.54) is 4.90 Å². The summed E-state index contributed by atoms with van der Waals surface area (Å²) in [5.74, 6) is 0. The highest BCUT2D eigenvalue weighted by Crippen LogP contribution is 2.39. The van der Waals surface area contributed by atoms with Gasteiger partial charge < -0.3 is 10.5 Å². The minimum Gasteiger partial charge on any atom is -0.381 e. The van der Waals surface area contributed by atoms with E-state index in [1.54, 1.807) is 0 Å². The molecular weight excluding hydrogens is 286 g/mol. The predicted octanol–water partition coefficient (Wildman–Crippen LogP) is 3.05. The number of benzene rings is 1. The van der Waals surface area contributed by atoms with Crippen molar-refractivity contribution < 1.29 is 4.74 Å². The SMILES string of the molecule is NCC1(Sc2ccc(Br)cc2)CCOCC1. The highest BCUT2D eigenvalue weighted by Gasteiger charge is 2.32. The first-order valence-corrected chi connectivity index (χ1v) is 7.07. The van der Waals surface area contributed by atoms with E-state index >= 15 is 0 Å². The molecule has 0 unspecified atom stereocenters. The van der Waals surface area contributed by atoms with Crippen LogP contribution < -0.4 is 5.73 Å². The van der Waals surface area contributed by atoms with Crippen molar-refractivity contribution in [1.82, 2.24) is 0 Å². The van der Waals surface area contributed by atoms with Crippen molar-refractivity contribution in [3.8, 4) is 0 Å². The van der Waals surface area contributed by atoms with Crippen LogP contribution >= 0.6 is 27.7 Å². The first kappa shape index (κ1) is 12.4. The van der Waals surface area contributed by atoms with Gasteiger partial charge >= 0.3 is 0 Å². The zero-order valence-electron chi connectivity index (χ0n) is 9.12. The van der Waals surface area contributed by atoms with Gasteiger partial charge in [0, 0.05) is 33.9 Å². The summed E-state index contributed by atoms with van der Waals surface area (Å²) in [6.07, 6.45) is 2.09. The van der Waals surface area contributed by atoms with Gasteiger partial charge in [0.2, 0.25) is 0 Å². The molecule has 4 heteroatoms. The number of hydrogen-bond acceptors (Lipinski definition) is 3. The van der Waals surface area contributed by atoms with Crippen LogP contribution in [0, 0.1) is 0 Å². The molecule has 0 atom stereocenters. The minimum atomic E-state index is 0.173. The van der Waals surface area contributed by atoms with Gasteiger partial charge in [-0.25, -0.2) is 0 Å². The fourth-order valence-corrected chi connectivity index (χ4v) is 3.33. The molecule has 1 saturated heterocycles. The second-order valence-electron chi connectivity index (χ2n) is 4.06. The Balaban J connectivity index is 2.08. The molecule has 0 aliphatic carbocycles. The molecule has 0 aromatic heterocycles. The van der Waals surface area contributed by atoms with Crippen LogP contribution in [-0.2, 0) is 4.74 Å². The fourth-order valence-electron chi connectivity index (χ4n) is 1.84. The van der Waals surface area contributed by atoms with Gasteiger partial charge in [0.1, 0.15) is 0 Å². The first-order chi connectivity index (χ1) is 7.74. The van der Waals surface area contributed by atoms with Crippen LogP contribution in [0.1, 0.15) is 12.8 Å². The normalized spacial score (nSPS) is 19.6. The van der Waals surface area contributed by atoms with E-state index in [1.807, 2.05) is 11.8 Å². The molecule has 0 saturated carbocycles. The van der Waals surface area contributed by atoms with Crippen molar-refractivity contribution in [2.24, 2.45) is 5.73 Å². The first-order valence-electron chi connectivity index (χ1n) is 5.46. The molecule has 88 valence electrons. The van der Waals surface area contributed by atoms with Crippen LogP contribution in [0.4, 0.5) is 0 Å². The molecule has 2 rings (SSSR count). The van der Waals surface area contributed by atoms with Gasteiger partial charge in [-0.2, -0.15) is 0 Å². The van der Waals surface area contributed by atoms with Crippen molar-refractivity contribution in [3.63, 3.8) is 0 Å². The van der Waals surface area contributed by atoms with E-state index in [0.29, 0.717) is 0 Å². The second-order valence-corrected chi connectivity index (χ2v) is 6.51. The number of thioether (sulfide) groups is 1. The summed E-state index contributed by atoms with van der Waals surface area (Å²) in [4.78, 5) is 1.29. The summed E-state index contributed by atoms with van der Waals surface area (Å²) >= 11 is 5.34. The number of hydrogen-bond donors (Lipinski definition) is 1. The monoisotopic (exact) mass is 301 g/mol. The number of halogens is 1. The highest BCUT2D eigenvalue weighted by molar-refractivity contribution is 9.10. The predicted molar refractivity (Wildman–Crippen MR) is 71.8 cm³/mol. The molecule has 2 nitrogen and oxygen atoms in total. The van der Waals surface area contributed by atoms with Crippen molar-refractivity contribution in [2.75, 3.05) is 19.8 Å². The maximum Gasteiger partial charge on any atom is 0.0479 e. The molecule has 1 aromatic rings. The van der Waals surface area contributed by atoms with Crippen LogP contribution in [0.15, 0.2) is 33.6 Å². The number of ether oxygens (including phenoxy) is 1. The Bertz CT molecular complexity index is 335. The molecule has 0 spiro atoms. The maximum absolute atomic E-state index is 5.93. The Labute approximate surface area is 109 Å². The molecule has 1 aromatic carbocycles. The van der Waals surface area contributed by atoms with Crippen molar-refractivity contribution in [1.29, 1.82) is 0 Å². The third kappa shape index (κ3) is 3.00. The van der Waals surface area contributed by atoms with Crippen LogP contribution in [0.5, 0.6) is 0 Å². The Morgan fingerprint density at radius 3 is 2.44 bits per heavy atom. The van der Waals surface area contributed by atoms with Crippen LogP contribution in [0.25, 0.3) is 0 Å². The van der Waals surface area contributed by atoms with Crippen molar-refractivity contribution in [3.05, 3.63) is 28.7 Å². The molecule has 2 N–H and O–H groups in total. The largest absolute Gasteiger partial charge is 0.381 e. The molecule has 0 bridgehead atoms. The Morgan fingerprint density at radius 1 is 1.25 bits per heavy atom. The molecule has 16 heavy (non-hydrogen) atoms.